The number of benzene rings is 9. The fourth-order valence-corrected chi connectivity index (χ4v) is 9.13. The van der Waals surface area contributed by atoms with E-state index in [0.717, 1.165) is 55.8 Å². The second-order valence-corrected chi connectivity index (χ2v) is 15.6. The highest BCUT2D eigenvalue weighted by atomic mass is 15.0. The molecule has 0 amide bonds. The molecule has 0 unspecified atom stereocenters. The average Bonchev–Trinajstić information content (AvgIpc) is 3.87. The number of aromatic nitrogens is 5. The van der Waals surface area contributed by atoms with Crippen LogP contribution in [0.4, 0.5) is 0 Å². The molecule has 3 aromatic heterocycles. The minimum atomic E-state index is 0.615. The lowest BCUT2D eigenvalue weighted by atomic mass is 9.98. The maximum absolute atomic E-state index is 5.18. The zero-order chi connectivity index (χ0) is 41.0. The SMILES string of the molecule is c1ccc(-c2cccc(-c3nc(-c4ccccc4)nc(-c4cccc(-n5c6ccccc6c6ccc(-c7cccc8c7c7ccccc7n8-c7ccccc7)cc65)c4)n3)c2)cc1. The Morgan fingerprint density at radius 1 is 0.258 bits per heavy atom. The Labute approximate surface area is 358 Å². The number of hydrogen-bond donors (Lipinski definition) is 0. The van der Waals surface area contributed by atoms with Gasteiger partial charge in [-0.15, -0.1) is 0 Å². The van der Waals surface area contributed by atoms with Crippen LogP contribution >= 0.6 is 0 Å². The number of hydrogen-bond acceptors (Lipinski definition) is 3. The molecule has 5 heteroatoms. The molecular weight excluding hydrogens is 755 g/mol. The number of para-hydroxylation sites is 3. The Morgan fingerprint density at radius 3 is 1.48 bits per heavy atom. The van der Waals surface area contributed by atoms with Gasteiger partial charge in [-0.2, -0.15) is 0 Å². The Balaban J connectivity index is 1.03. The van der Waals surface area contributed by atoms with E-state index in [1.54, 1.807) is 0 Å². The smallest absolute Gasteiger partial charge is 0.164 e. The summed E-state index contributed by atoms with van der Waals surface area (Å²) in [7, 11) is 0. The van der Waals surface area contributed by atoms with Gasteiger partial charge >= 0.3 is 0 Å². The maximum Gasteiger partial charge on any atom is 0.164 e. The minimum Gasteiger partial charge on any atom is -0.309 e. The van der Waals surface area contributed by atoms with Crippen molar-refractivity contribution in [3.8, 4) is 67.8 Å². The summed E-state index contributed by atoms with van der Waals surface area (Å²) >= 11 is 0. The summed E-state index contributed by atoms with van der Waals surface area (Å²) in [4.78, 5) is 15.4. The summed E-state index contributed by atoms with van der Waals surface area (Å²) < 4.78 is 4.76. The van der Waals surface area contributed by atoms with Crippen molar-refractivity contribution in [2.45, 2.75) is 0 Å². The number of nitrogens with zero attached hydrogens (tertiary/aromatic N) is 5. The second-order valence-electron chi connectivity index (χ2n) is 15.6. The Hall–Kier alpha value is -8.41. The lowest BCUT2D eigenvalue weighted by molar-refractivity contribution is 1.07. The summed E-state index contributed by atoms with van der Waals surface area (Å²) in [6, 6.07) is 79.3. The zero-order valence-electron chi connectivity index (χ0n) is 33.6. The van der Waals surface area contributed by atoms with E-state index >= 15 is 0 Å². The fraction of sp³-hybridized carbons (Fsp3) is 0. The Bertz CT molecular complexity index is 3620. The van der Waals surface area contributed by atoms with Crippen molar-refractivity contribution in [3.05, 3.63) is 224 Å². The normalized spacial score (nSPS) is 11.5. The molecule has 12 rings (SSSR count). The highest BCUT2D eigenvalue weighted by Crippen LogP contribution is 2.41. The quantitative estimate of drug-likeness (QED) is 0.162. The van der Waals surface area contributed by atoms with E-state index < -0.39 is 0 Å². The lowest BCUT2D eigenvalue weighted by Crippen LogP contribution is -2.01. The van der Waals surface area contributed by atoms with E-state index in [0.29, 0.717) is 17.5 Å². The van der Waals surface area contributed by atoms with E-state index in [9.17, 15) is 0 Å². The molecule has 0 aliphatic rings. The molecule has 0 atom stereocenters. The van der Waals surface area contributed by atoms with Crippen molar-refractivity contribution in [1.82, 2.24) is 24.1 Å². The molecule has 0 saturated heterocycles. The second kappa shape index (κ2) is 14.7. The molecule has 0 aliphatic heterocycles. The summed E-state index contributed by atoms with van der Waals surface area (Å²) in [6.07, 6.45) is 0. The fourth-order valence-electron chi connectivity index (χ4n) is 9.13. The molecule has 0 spiro atoms. The van der Waals surface area contributed by atoms with Crippen LogP contribution in [0.15, 0.2) is 224 Å². The van der Waals surface area contributed by atoms with E-state index in [-0.39, 0.29) is 0 Å². The molecule has 5 nitrogen and oxygen atoms in total. The third-order valence-corrected chi connectivity index (χ3v) is 12.0. The van der Waals surface area contributed by atoms with E-state index in [1.807, 2.05) is 24.3 Å². The van der Waals surface area contributed by atoms with Crippen LogP contribution in [0.25, 0.3) is 111 Å². The van der Waals surface area contributed by atoms with Gasteiger partial charge in [0.1, 0.15) is 0 Å². The van der Waals surface area contributed by atoms with Crippen LogP contribution in [0.3, 0.4) is 0 Å². The van der Waals surface area contributed by atoms with Crippen LogP contribution in [0, 0.1) is 0 Å². The molecular formula is C57H37N5. The average molecular weight is 792 g/mol. The van der Waals surface area contributed by atoms with Crippen LogP contribution in [-0.4, -0.2) is 24.1 Å². The predicted molar refractivity (Wildman–Crippen MR) is 256 cm³/mol. The Morgan fingerprint density at radius 2 is 0.742 bits per heavy atom. The van der Waals surface area contributed by atoms with Crippen molar-refractivity contribution in [1.29, 1.82) is 0 Å². The molecule has 0 saturated carbocycles. The first-order valence-electron chi connectivity index (χ1n) is 20.9. The molecule has 3 heterocycles. The van der Waals surface area contributed by atoms with Crippen molar-refractivity contribution < 1.29 is 0 Å². The first-order valence-corrected chi connectivity index (χ1v) is 20.9. The van der Waals surface area contributed by atoms with Gasteiger partial charge in [0, 0.05) is 49.6 Å². The molecule has 12 aromatic rings. The van der Waals surface area contributed by atoms with Crippen molar-refractivity contribution >= 4 is 43.6 Å². The van der Waals surface area contributed by atoms with Gasteiger partial charge in [0.05, 0.1) is 22.1 Å². The number of rotatable bonds is 7. The van der Waals surface area contributed by atoms with Gasteiger partial charge in [0.2, 0.25) is 0 Å². The molecule has 0 radical (unpaired) electrons. The maximum atomic E-state index is 5.18. The van der Waals surface area contributed by atoms with Crippen molar-refractivity contribution in [3.63, 3.8) is 0 Å². The molecule has 290 valence electrons. The van der Waals surface area contributed by atoms with Crippen LogP contribution in [-0.2, 0) is 0 Å². The molecule has 0 N–H and O–H groups in total. The van der Waals surface area contributed by atoms with Crippen LogP contribution in [0.1, 0.15) is 0 Å². The van der Waals surface area contributed by atoms with Gasteiger partial charge in [-0.1, -0.05) is 170 Å². The molecule has 0 bridgehead atoms. The predicted octanol–water partition coefficient (Wildman–Crippen LogP) is 14.4. The lowest BCUT2D eigenvalue weighted by Gasteiger charge is -2.13. The van der Waals surface area contributed by atoms with Crippen LogP contribution < -0.4 is 0 Å². The molecule has 0 fully saturated rings. The summed E-state index contributed by atoms with van der Waals surface area (Å²) in [5.74, 6) is 1.87. The first-order chi connectivity index (χ1) is 30.7. The molecule has 9 aromatic carbocycles. The summed E-state index contributed by atoms with van der Waals surface area (Å²) in [5.41, 5.74) is 14.2. The van der Waals surface area contributed by atoms with E-state index in [2.05, 4.69) is 209 Å². The van der Waals surface area contributed by atoms with Gasteiger partial charge in [0.15, 0.2) is 17.5 Å². The molecule has 0 aliphatic carbocycles. The zero-order valence-corrected chi connectivity index (χ0v) is 33.6. The van der Waals surface area contributed by atoms with Gasteiger partial charge in [-0.3, -0.25) is 0 Å². The van der Waals surface area contributed by atoms with Gasteiger partial charge < -0.3 is 9.13 Å². The van der Waals surface area contributed by atoms with E-state index in [4.69, 9.17) is 15.0 Å². The van der Waals surface area contributed by atoms with Gasteiger partial charge in [-0.05, 0) is 76.9 Å². The minimum absolute atomic E-state index is 0.615. The topological polar surface area (TPSA) is 48.5 Å². The van der Waals surface area contributed by atoms with Gasteiger partial charge in [0.25, 0.3) is 0 Å². The third kappa shape index (κ3) is 5.98. The Kier molecular flexibility index (Phi) is 8.42. The summed E-state index contributed by atoms with van der Waals surface area (Å²) in [5, 5.41) is 4.87. The molecule has 62 heavy (non-hydrogen) atoms. The highest BCUT2D eigenvalue weighted by Gasteiger charge is 2.19. The number of fused-ring (bicyclic) bond motifs is 6. The highest BCUT2D eigenvalue weighted by molar-refractivity contribution is 6.17. The monoisotopic (exact) mass is 791 g/mol. The van der Waals surface area contributed by atoms with Crippen molar-refractivity contribution in [2.24, 2.45) is 0 Å². The van der Waals surface area contributed by atoms with Crippen LogP contribution in [0.5, 0.6) is 0 Å². The first kappa shape index (κ1) is 35.5. The third-order valence-electron chi connectivity index (χ3n) is 12.0. The van der Waals surface area contributed by atoms with Crippen LogP contribution in [0.2, 0.25) is 0 Å². The largest absolute Gasteiger partial charge is 0.309 e. The van der Waals surface area contributed by atoms with Crippen molar-refractivity contribution in [2.75, 3.05) is 0 Å². The van der Waals surface area contributed by atoms with Gasteiger partial charge in [-0.25, -0.2) is 15.0 Å². The van der Waals surface area contributed by atoms with E-state index in [1.165, 1.54) is 38.1 Å². The summed E-state index contributed by atoms with van der Waals surface area (Å²) in [6.45, 7) is 0. The standard InChI is InChI=1S/C57H37N5/c1-4-17-38(18-5-1)40-21-14-22-42(35-40)56-58-55(39-19-6-2-7-20-39)59-57(60-56)43-23-15-26-45(36-43)62-50-30-12-10-27-47(50)48-34-33-41(37-53(48)62)46-29-16-32-52-54(46)49-28-11-13-31-51(49)61(52)44-24-8-3-9-25-44/h1-37H.